The molecule has 1 unspecified atom stereocenters. The second-order valence-corrected chi connectivity index (χ2v) is 7.85. The molecule has 8 heteroatoms. The molecule has 154 valence electrons. The van der Waals surface area contributed by atoms with E-state index in [-0.39, 0.29) is 18.9 Å². The number of rotatable bonds is 7. The highest BCUT2D eigenvalue weighted by molar-refractivity contribution is 6.42. The maximum atomic E-state index is 12.8. The van der Waals surface area contributed by atoms with Crippen LogP contribution in [0.15, 0.2) is 18.2 Å². The molecule has 0 spiro atoms. The molecule has 6 nitrogen and oxygen atoms in total. The minimum atomic E-state index is -0.636. The monoisotopic (exact) mass is 428 g/mol. The Balaban J connectivity index is 2.04. The van der Waals surface area contributed by atoms with E-state index >= 15 is 0 Å². The van der Waals surface area contributed by atoms with Crippen LogP contribution in [0.25, 0.3) is 0 Å². The molecule has 1 aliphatic rings. The summed E-state index contributed by atoms with van der Waals surface area (Å²) < 4.78 is 4.51. The Kier molecular flexibility index (Phi) is 9.06. The molecule has 0 heterocycles. The van der Waals surface area contributed by atoms with Crippen molar-refractivity contribution in [2.75, 3.05) is 13.7 Å². The van der Waals surface area contributed by atoms with E-state index in [1.165, 1.54) is 13.5 Å². The van der Waals surface area contributed by atoms with Gasteiger partial charge in [0.05, 0.1) is 29.5 Å². The van der Waals surface area contributed by atoms with Crippen molar-refractivity contribution in [2.45, 2.75) is 50.9 Å². The van der Waals surface area contributed by atoms with Gasteiger partial charge in [0.25, 0.3) is 0 Å². The van der Waals surface area contributed by atoms with Gasteiger partial charge in [0.1, 0.15) is 0 Å². The van der Waals surface area contributed by atoms with Gasteiger partial charge in [-0.25, -0.2) is 4.79 Å². The lowest BCUT2D eigenvalue weighted by Crippen LogP contribution is -2.42. The first kappa shape index (κ1) is 22.5. The number of nitrogens with one attached hydrogen (secondary N) is 2. The Morgan fingerprint density at radius 3 is 2.50 bits per heavy atom. The third-order valence-corrected chi connectivity index (χ3v) is 5.77. The lowest BCUT2D eigenvalue weighted by molar-refractivity contribution is -0.140. The zero-order chi connectivity index (χ0) is 20.5. The normalized spacial score (nSPS) is 15.5. The molecule has 3 amide bonds. The number of ether oxygens (including phenoxy) is 1. The fourth-order valence-electron chi connectivity index (χ4n) is 3.50. The molecule has 0 aliphatic heterocycles. The van der Waals surface area contributed by atoms with E-state index in [4.69, 9.17) is 23.2 Å². The van der Waals surface area contributed by atoms with Gasteiger partial charge in [-0.05, 0) is 30.0 Å². The molecule has 0 saturated heterocycles. The average Bonchev–Trinajstić information content (AvgIpc) is 2.68. The largest absolute Gasteiger partial charge is 0.469 e. The maximum Gasteiger partial charge on any atom is 0.321 e. The van der Waals surface area contributed by atoms with Crippen LogP contribution in [-0.4, -0.2) is 31.6 Å². The lowest BCUT2D eigenvalue weighted by atomic mass is 9.80. The van der Waals surface area contributed by atoms with Gasteiger partial charge in [0, 0.05) is 6.54 Å². The van der Waals surface area contributed by atoms with Crippen molar-refractivity contribution in [3.8, 4) is 0 Å². The smallest absolute Gasteiger partial charge is 0.321 e. The third kappa shape index (κ3) is 6.99. The van der Waals surface area contributed by atoms with Crippen LogP contribution in [0.3, 0.4) is 0 Å². The Bertz CT molecular complexity index is 705. The SMILES string of the molecule is COC(=O)CCNC(=O)NC(=O)C(CC1CCCCC1)c1ccc(Cl)c(Cl)c1. The number of esters is 1. The topological polar surface area (TPSA) is 84.5 Å². The fraction of sp³-hybridized carbons (Fsp3) is 0.550. The van der Waals surface area contributed by atoms with E-state index < -0.39 is 17.9 Å². The maximum absolute atomic E-state index is 12.8. The van der Waals surface area contributed by atoms with Crippen LogP contribution in [0.2, 0.25) is 10.0 Å². The van der Waals surface area contributed by atoms with Crippen LogP contribution in [0.1, 0.15) is 56.4 Å². The van der Waals surface area contributed by atoms with Gasteiger partial charge in [-0.15, -0.1) is 0 Å². The average molecular weight is 429 g/mol. The minimum Gasteiger partial charge on any atom is -0.469 e. The summed E-state index contributed by atoms with van der Waals surface area (Å²) in [6, 6.07) is 4.49. The zero-order valence-electron chi connectivity index (χ0n) is 15.9. The molecule has 1 atom stereocenters. The van der Waals surface area contributed by atoms with E-state index in [1.807, 2.05) is 0 Å². The summed E-state index contributed by atoms with van der Waals surface area (Å²) in [6.07, 6.45) is 6.40. The molecule has 0 radical (unpaired) electrons. The molecule has 0 bridgehead atoms. The fourth-order valence-corrected chi connectivity index (χ4v) is 3.81. The molecule has 0 aromatic heterocycles. The first-order valence-electron chi connectivity index (χ1n) is 9.51. The van der Waals surface area contributed by atoms with Crippen molar-refractivity contribution in [3.05, 3.63) is 33.8 Å². The van der Waals surface area contributed by atoms with Crippen molar-refractivity contribution in [1.82, 2.24) is 10.6 Å². The second-order valence-electron chi connectivity index (χ2n) is 7.04. The molecule has 2 rings (SSSR count). The van der Waals surface area contributed by atoms with Crippen molar-refractivity contribution in [3.63, 3.8) is 0 Å². The summed E-state index contributed by atoms with van der Waals surface area (Å²) in [5.74, 6) is -0.886. The van der Waals surface area contributed by atoms with E-state index in [0.29, 0.717) is 22.4 Å². The van der Waals surface area contributed by atoms with Gasteiger partial charge in [-0.3, -0.25) is 14.9 Å². The molecule has 1 aliphatic carbocycles. The second kappa shape index (κ2) is 11.3. The number of carbonyl (C=O) groups is 3. The highest BCUT2D eigenvalue weighted by atomic mass is 35.5. The highest BCUT2D eigenvalue weighted by Gasteiger charge is 2.27. The van der Waals surface area contributed by atoms with Crippen molar-refractivity contribution >= 4 is 41.1 Å². The predicted octanol–water partition coefficient (Wildman–Crippen LogP) is 4.44. The number of urea groups is 1. The van der Waals surface area contributed by atoms with Gasteiger partial charge < -0.3 is 10.1 Å². The lowest BCUT2D eigenvalue weighted by Gasteiger charge is -2.26. The number of carbonyl (C=O) groups excluding carboxylic acids is 3. The van der Waals surface area contributed by atoms with Crippen LogP contribution in [0, 0.1) is 5.92 Å². The van der Waals surface area contributed by atoms with E-state index in [9.17, 15) is 14.4 Å². The number of benzene rings is 1. The molecule has 28 heavy (non-hydrogen) atoms. The Morgan fingerprint density at radius 2 is 1.86 bits per heavy atom. The number of hydrogen-bond acceptors (Lipinski definition) is 4. The third-order valence-electron chi connectivity index (χ3n) is 5.04. The first-order chi connectivity index (χ1) is 13.4. The summed E-state index contributed by atoms with van der Waals surface area (Å²) >= 11 is 12.1. The van der Waals surface area contributed by atoms with Crippen LogP contribution in [0.5, 0.6) is 0 Å². The molecule has 1 aromatic rings. The summed E-state index contributed by atoms with van der Waals surface area (Å²) in [7, 11) is 1.28. The molecule has 1 aromatic carbocycles. The minimum absolute atomic E-state index is 0.0381. The van der Waals surface area contributed by atoms with E-state index in [2.05, 4.69) is 15.4 Å². The van der Waals surface area contributed by atoms with Crippen LogP contribution in [-0.2, 0) is 14.3 Å². The highest BCUT2D eigenvalue weighted by Crippen LogP contribution is 2.35. The van der Waals surface area contributed by atoms with Gasteiger partial charge in [-0.2, -0.15) is 0 Å². The van der Waals surface area contributed by atoms with E-state index in [1.54, 1.807) is 18.2 Å². The van der Waals surface area contributed by atoms with Crippen molar-refractivity contribution in [1.29, 1.82) is 0 Å². The molecular formula is C20H26Cl2N2O4. The van der Waals surface area contributed by atoms with Crippen LogP contribution < -0.4 is 10.6 Å². The Labute approximate surface area is 175 Å². The standard InChI is InChI=1S/C20H26Cl2N2O4/c1-28-18(25)9-10-23-20(27)24-19(26)15(11-13-5-3-2-4-6-13)14-7-8-16(21)17(22)12-14/h7-8,12-13,15H,2-6,9-11H2,1H3,(H2,23,24,26,27). The van der Waals surface area contributed by atoms with Gasteiger partial charge in [0.15, 0.2) is 0 Å². The van der Waals surface area contributed by atoms with Crippen molar-refractivity contribution < 1.29 is 19.1 Å². The summed E-state index contributed by atoms with van der Waals surface area (Å²) in [5.41, 5.74) is 0.736. The summed E-state index contributed by atoms with van der Waals surface area (Å²) in [6.45, 7) is 0.0891. The van der Waals surface area contributed by atoms with Gasteiger partial charge in [0.2, 0.25) is 5.91 Å². The number of halogens is 2. The summed E-state index contributed by atoms with van der Waals surface area (Å²) in [5, 5.41) is 5.66. The molecule has 1 saturated carbocycles. The number of methoxy groups -OCH3 is 1. The van der Waals surface area contributed by atoms with Crippen molar-refractivity contribution in [2.24, 2.45) is 5.92 Å². The Morgan fingerprint density at radius 1 is 1.14 bits per heavy atom. The predicted molar refractivity (Wildman–Crippen MR) is 109 cm³/mol. The molecular weight excluding hydrogens is 403 g/mol. The number of amides is 3. The van der Waals surface area contributed by atoms with Gasteiger partial charge in [-0.1, -0.05) is 61.4 Å². The zero-order valence-corrected chi connectivity index (χ0v) is 17.4. The quantitative estimate of drug-likeness (QED) is 0.628. The molecule has 1 fully saturated rings. The number of hydrogen-bond donors (Lipinski definition) is 2. The van der Waals surface area contributed by atoms with E-state index in [0.717, 1.165) is 31.2 Å². The molecule has 2 N–H and O–H groups in total. The summed E-state index contributed by atoms with van der Waals surface area (Å²) in [4.78, 5) is 36.0. The van der Waals surface area contributed by atoms with Gasteiger partial charge >= 0.3 is 12.0 Å². The first-order valence-corrected chi connectivity index (χ1v) is 10.3. The van der Waals surface area contributed by atoms with Crippen LogP contribution >= 0.6 is 23.2 Å². The van der Waals surface area contributed by atoms with Crippen LogP contribution in [0.4, 0.5) is 4.79 Å². The number of imide groups is 1. The Hall–Kier alpha value is -1.79.